The minimum Gasteiger partial charge on any atom is -0.468 e. The van der Waals surface area contributed by atoms with Crippen LogP contribution in [0.4, 0.5) is 0 Å². The van der Waals surface area contributed by atoms with E-state index in [1.165, 1.54) is 21.1 Å². The highest BCUT2D eigenvalue weighted by Crippen LogP contribution is 2.29. The number of carbonyl (C=O) groups is 2. The van der Waals surface area contributed by atoms with Crippen molar-refractivity contribution in [2.45, 2.75) is 16.1 Å². The van der Waals surface area contributed by atoms with E-state index in [9.17, 15) is 9.59 Å². The molecule has 6 heteroatoms. The summed E-state index contributed by atoms with van der Waals surface area (Å²) in [5.41, 5.74) is 0. The number of ether oxygens (including phenoxy) is 2. The van der Waals surface area contributed by atoms with Gasteiger partial charge in [-0.05, 0) is 6.92 Å². The molecule has 0 amide bonds. The van der Waals surface area contributed by atoms with Crippen LogP contribution in [0, 0.1) is 0 Å². The summed E-state index contributed by atoms with van der Waals surface area (Å²) in [5.74, 6) is -1.08. The van der Waals surface area contributed by atoms with Crippen LogP contribution in [0.25, 0.3) is 0 Å². The average Bonchev–Trinajstić information content (AvgIpc) is 2.13. The Labute approximate surface area is 93.2 Å². The number of hydrogen-bond donors (Lipinski definition) is 0. The molecule has 0 radical (unpaired) electrons. The molecule has 0 unspecified atom stereocenters. The molecule has 0 saturated carbocycles. The number of halogens is 2. The molecule has 76 valence electrons. The van der Waals surface area contributed by atoms with Crippen LogP contribution in [-0.4, -0.2) is 35.3 Å². The molecule has 0 saturated heterocycles. The highest BCUT2D eigenvalue weighted by Gasteiger charge is 2.43. The van der Waals surface area contributed by atoms with E-state index in [0.29, 0.717) is 0 Å². The third kappa shape index (κ3) is 2.95. The van der Waals surface area contributed by atoms with Gasteiger partial charge in [0, 0.05) is 0 Å². The summed E-state index contributed by atoms with van der Waals surface area (Å²) < 4.78 is 7.86. The normalized spacial score (nSPS) is 17.0. The molecule has 0 spiro atoms. The Kier molecular flexibility index (Phi) is 4.91. The van der Waals surface area contributed by atoms with Gasteiger partial charge in [0.2, 0.25) is 0 Å². The van der Waals surface area contributed by atoms with Crippen molar-refractivity contribution in [2.75, 3.05) is 14.2 Å². The first-order valence-electron chi connectivity index (χ1n) is 3.37. The second-order valence-electron chi connectivity index (χ2n) is 2.45. The van der Waals surface area contributed by atoms with Crippen molar-refractivity contribution in [3.8, 4) is 0 Å². The van der Waals surface area contributed by atoms with Gasteiger partial charge in [-0.15, -0.1) is 0 Å². The standard InChI is InChI=1S/C7H10Br2O4/c1-7(9,6(11)13-3)4(8)5(10)12-2/h4H,1-3H3/t4-,7+/m1/s1. The molecule has 13 heavy (non-hydrogen) atoms. The Bertz CT molecular complexity index is 215. The maximum atomic E-state index is 11.2. The first-order valence-corrected chi connectivity index (χ1v) is 5.08. The molecule has 0 N–H and O–H groups in total. The van der Waals surface area contributed by atoms with Crippen LogP contribution < -0.4 is 0 Å². The Balaban J connectivity index is 4.62. The van der Waals surface area contributed by atoms with E-state index < -0.39 is 21.1 Å². The molecule has 0 fully saturated rings. The SMILES string of the molecule is COC(=O)[C@@H](Br)[C@](C)(Br)C(=O)OC. The lowest BCUT2D eigenvalue weighted by Crippen LogP contribution is -2.43. The summed E-state index contributed by atoms with van der Waals surface area (Å²) in [4.78, 5) is 21.5. The quantitative estimate of drug-likeness (QED) is 0.581. The van der Waals surface area contributed by atoms with Crippen LogP contribution in [0.5, 0.6) is 0 Å². The molecule has 0 aromatic heterocycles. The number of hydrogen-bond acceptors (Lipinski definition) is 4. The maximum Gasteiger partial charge on any atom is 0.324 e. The lowest BCUT2D eigenvalue weighted by atomic mass is 10.1. The largest absolute Gasteiger partial charge is 0.468 e. The fourth-order valence-corrected chi connectivity index (χ4v) is 1.35. The Morgan fingerprint density at radius 1 is 1.31 bits per heavy atom. The molecule has 2 atom stereocenters. The number of rotatable bonds is 3. The lowest BCUT2D eigenvalue weighted by Gasteiger charge is -2.23. The molecule has 0 bridgehead atoms. The van der Waals surface area contributed by atoms with E-state index in [0.717, 1.165) is 0 Å². The smallest absolute Gasteiger partial charge is 0.324 e. The fourth-order valence-electron chi connectivity index (χ4n) is 0.628. The Morgan fingerprint density at radius 2 is 1.77 bits per heavy atom. The first kappa shape index (κ1) is 12.9. The van der Waals surface area contributed by atoms with Crippen LogP contribution in [0.1, 0.15) is 6.92 Å². The number of carbonyl (C=O) groups excluding carboxylic acids is 2. The lowest BCUT2D eigenvalue weighted by molar-refractivity contribution is -0.148. The molecule has 0 aromatic rings. The maximum absolute atomic E-state index is 11.2. The molecule has 0 aliphatic heterocycles. The van der Waals surface area contributed by atoms with Crippen molar-refractivity contribution in [3.63, 3.8) is 0 Å². The third-order valence-corrected chi connectivity index (χ3v) is 4.15. The van der Waals surface area contributed by atoms with Crippen molar-refractivity contribution in [1.29, 1.82) is 0 Å². The van der Waals surface area contributed by atoms with E-state index >= 15 is 0 Å². The predicted molar refractivity (Wildman–Crippen MR) is 54.1 cm³/mol. The predicted octanol–water partition coefficient (Wildman–Crippen LogP) is 1.25. The van der Waals surface area contributed by atoms with E-state index in [2.05, 4.69) is 41.3 Å². The first-order chi connectivity index (χ1) is 5.87. The summed E-state index contributed by atoms with van der Waals surface area (Å²) in [6, 6.07) is 0. The van der Waals surface area contributed by atoms with E-state index in [1.807, 2.05) is 0 Å². The zero-order valence-corrected chi connectivity index (χ0v) is 10.6. The molecule has 0 aromatic carbocycles. The van der Waals surface area contributed by atoms with Gasteiger partial charge in [0.25, 0.3) is 0 Å². The van der Waals surface area contributed by atoms with Crippen molar-refractivity contribution in [1.82, 2.24) is 0 Å². The zero-order valence-electron chi connectivity index (χ0n) is 7.47. The Morgan fingerprint density at radius 3 is 2.08 bits per heavy atom. The van der Waals surface area contributed by atoms with Crippen LogP contribution >= 0.6 is 31.9 Å². The van der Waals surface area contributed by atoms with Crippen molar-refractivity contribution >= 4 is 43.8 Å². The second kappa shape index (κ2) is 4.95. The highest BCUT2D eigenvalue weighted by atomic mass is 79.9. The van der Waals surface area contributed by atoms with Crippen molar-refractivity contribution in [3.05, 3.63) is 0 Å². The van der Waals surface area contributed by atoms with Gasteiger partial charge in [-0.3, -0.25) is 9.59 Å². The Hall–Kier alpha value is -0.100. The van der Waals surface area contributed by atoms with Gasteiger partial charge in [-0.2, -0.15) is 0 Å². The molecule has 0 aliphatic rings. The van der Waals surface area contributed by atoms with E-state index in [4.69, 9.17) is 0 Å². The van der Waals surface area contributed by atoms with E-state index in [-0.39, 0.29) is 0 Å². The average molecular weight is 318 g/mol. The fraction of sp³-hybridized carbons (Fsp3) is 0.714. The molecular weight excluding hydrogens is 308 g/mol. The summed E-state index contributed by atoms with van der Waals surface area (Å²) in [5, 5.41) is 0. The van der Waals surface area contributed by atoms with Crippen LogP contribution in [0.15, 0.2) is 0 Å². The molecule has 4 nitrogen and oxygen atoms in total. The van der Waals surface area contributed by atoms with Crippen molar-refractivity contribution in [2.24, 2.45) is 0 Å². The summed E-state index contributed by atoms with van der Waals surface area (Å²) in [7, 11) is 2.50. The molecular formula is C7H10Br2O4. The number of alkyl halides is 2. The van der Waals surface area contributed by atoms with E-state index in [1.54, 1.807) is 0 Å². The summed E-state index contributed by atoms with van der Waals surface area (Å²) in [6.45, 7) is 1.52. The molecule has 0 rings (SSSR count). The van der Waals surface area contributed by atoms with Crippen LogP contribution in [-0.2, 0) is 19.1 Å². The van der Waals surface area contributed by atoms with Gasteiger partial charge in [0.15, 0.2) is 0 Å². The summed E-state index contributed by atoms with van der Waals surface area (Å²) >= 11 is 6.14. The summed E-state index contributed by atoms with van der Waals surface area (Å²) in [6.07, 6.45) is 0. The molecule has 0 heterocycles. The van der Waals surface area contributed by atoms with Gasteiger partial charge in [-0.1, -0.05) is 31.9 Å². The number of esters is 2. The highest BCUT2D eigenvalue weighted by molar-refractivity contribution is 9.13. The minimum absolute atomic E-state index is 0.537. The number of methoxy groups -OCH3 is 2. The van der Waals surface area contributed by atoms with Crippen LogP contribution in [0.3, 0.4) is 0 Å². The minimum atomic E-state index is -1.12. The topological polar surface area (TPSA) is 52.6 Å². The van der Waals surface area contributed by atoms with Gasteiger partial charge in [0.05, 0.1) is 14.2 Å². The third-order valence-electron chi connectivity index (χ3n) is 1.47. The van der Waals surface area contributed by atoms with Crippen LogP contribution in [0.2, 0.25) is 0 Å². The molecule has 0 aliphatic carbocycles. The second-order valence-corrected chi connectivity index (χ2v) is 5.02. The zero-order chi connectivity index (χ0) is 10.6. The van der Waals surface area contributed by atoms with Gasteiger partial charge in [-0.25, -0.2) is 0 Å². The van der Waals surface area contributed by atoms with Gasteiger partial charge in [0.1, 0.15) is 9.15 Å². The van der Waals surface area contributed by atoms with Gasteiger partial charge >= 0.3 is 11.9 Å². The van der Waals surface area contributed by atoms with Gasteiger partial charge < -0.3 is 9.47 Å². The van der Waals surface area contributed by atoms with Crippen molar-refractivity contribution < 1.29 is 19.1 Å². The monoisotopic (exact) mass is 316 g/mol.